The van der Waals surface area contributed by atoms with Crippen LogP contribution in [-0.4, -0.2) is 41.5 Å². The number of esters is 1. The molecule has 0 unspecified atom stereocenters. The molecule has 0 saturated heterocycles. The van der Waals surface area contributed by atoms with Crippen LogP contribution >= 0.6 is 0 Å². The topological polar surface area (TPSA) is 62.4 Å². The third kappa shape index (κ3) is 4.32. The fourth-order valence-corrected chi connectivity index (χ4v) is 2.31. The molecule has 0 aliphatic carbocycles. The molecule has 0 aliphatic heterocycles. The number of rotatable bonds is 8. The Kier molecular flexibility index (Phi) is 5.74. The number of nitrogens with zero attached hydrogens (tertiary/aromatic N) is 1. The molecule has 2 rings (SSSR count). The number of para-hydroxylation sites is 1. The minimum absolute atomic E-state index is 0.125. The predicted octanol–water partition coefficient (Wildman–Crippen LogP) is 2.45. The normalized spacial score (nSPS) is 10.3. The van der Waals surface area contributed by atoms with Gasteiger partial charge < -0.3 is 14.6 Å². The Hall–Kier alpha value is -2.82. The number of hydrogen-bond donors (Lipinski definition) is 1. The fourth-order valence-electron chi connectivity index (χ4n) is 2.31. The molecule has 0 bridgehead atoms. The maximum Gasteiger partial charge on any atom is 0.310 e. The highest BCUT2D eigenvalue weighted by atomic mass is 16.5. The summed E-state index contributed by atoms with van der Waals surface area (Å²) in [6, 6.07) is 7.72. The first-order valence-corrected chi connectivity index (χ1v) is 7.36. The molecule has 0 spiro atoms. The highest BCUT2D eigenvalue weighted by molar-refractivity contribution is 5.88. The molecule has 120 valence electrons. The Bertz CT molecular complexity index is 708. The van der Waals surface area contributed by atoms with Gasteiger partial charge in [-0.3, -0.25) is 9.59 Å². The Balaban J connectivity index is 1.90. The van der Waals surface area contributed by atoms with Crippen LogP contribution in [0.3, 0.4) is 0 Å². The molecule has 1 amide bonds. The van der Waals surface area contributed by atoms with Crippen LogP contribution in [0.15, 0.2) is 55.8 Å². The van der Waals surface area contributed by atoms with E-state index >= 15 is 0 Å². The summed E-state index contributed by atoms with van der Waals surface area (Å²) in [5.41, 5.74) is 1.82. The average molecular weight is 312 g/mol. The van der Waals surface area contributed by atoms with E-state index in [1.165, 1.54) is 4.90 Å². The van der Waals surface area contributed by atoms with Crippen molar-refractivity contribution in [1.82, 2.24) is 9.88 Å². The number of ether oxygens (including phenoxy) is 1. The number of carbonyl (C=O) groups is 2. The van der Waals surface area contributed by atoms with Crippen LogP contribution in [-0.2, 0) is 20.7 Å². The molecule has 1 aromatic heterocycles. The quantitative estimate of drug-likeness (QED) is 0.601. The van der Waals surface area contributed by atoms with Crippen LogP contribution in [0.5, 0.6) is 0 Å². The predicted molar refractivity (Wildman–Crippen MR) is 89.9 cm³/mol. The number of amides is 1. The van der Waals surface area contributed by atoms with Gasteiger partial charge in [0, 0.05) is 30.2 Å². The molecule has 23 heavy (non-hydrogen) atoms. The Morgan fingerprint density at radius 3 is 2.57 bits per heavy atom. The van der Waals surface area contributed by atoms with E-state index in [4.69, 9.17) is 4.74 Å². The summed E-state index contributed by atoms with van der Waals surface area (Å²) in [5.74, 6) is -0.697. The lowest BCUT2D eigenvalue weighted by atomic mass is 10.1. The number of carbonyl (C=O) groups excluding carboxylic acids is 2. The van der Waals surface area contributed by atoms with E-state index in [-0.39, 0.29) is 18.9 Å². The van der Waals surface area contributed by atoms with Gasteiger partial charge in [-0.25, -0.2) is 0 Å². The Morgan fingerprint density at radius 2 is 1.87 bits per heavy atom. The summed E-state index contributed by atoms with van der Waals surface area (Å²) < 4.78 is 5.09. The van der Waals surface area contributed by atoms with Gasteiger partial charge in [0.1, 0.15) is 0 Å². The molecule has 2 aromatic rings. The van der Waals surface area contributed by atoms with Gasteiger partial charge in [-0.1, -0.05) is 30.4 Å². The van der Waals surface area contributed by atoms with E-state index in [9.17, 15) is 9.59 Å². The van der Waals surface area contributed by atoms with Crippen molar-refractivity contribution in [3.63, 3.8) is 0 Å². The van der Waals surface area contributed by atoms with Gasteiger partial charge in [0.15, 0.2) is 6.61 Å². The average Bonchev–Trinajstić information content (AvgIpc) is 2.95. The lowest BCUT2D eigenvalue weighted by Crippen LogP contribution is -2.35. The van der Waals surface area contributed by atoms with Gasteiger partial charge in [0.25, 0.3) is 5.91 Å². The molecule has 1 aromatic carbocycles. The number of aromatic nitrogens is 1. The zero-order chi connectivity index (χ0) is 16.7. The van der Waals surface area contributed by atoms with Crippen molar-refractivity contribution in [2.45, 2.75) is 6.42 Å². The SMILES string of the molecule is C=CCN(CC=C)C(=O)COC(=O)Cc1c[nH]c2ccccc12. The first kappa shape index (κ1) is 16.5. The molecule has 0 atom stereocenters. The third-order valence-corrected chi connectivity index (χ3v) is 3.42. The molecule has 1 N–H and O–H groups in total. The summed E-state index contributed by atoms with van der Waals surface area (Å²) >= 11 is 0. The number of nitrogens with one attached hydrogen (secondary N) is 1. The van der Waals surface area contributed by atoms with Crippen molar-refractivity contribution in [3.8, 4) is 0 Å². The van der Waals surface area contributed by atoms with Crippen molar-refractivity contribution in [2.24, 2.45) is 0 Å². The number of fused-ring (bicyclic) bond motifs is 1. The molecule has 0 fully saturated rings. The van der Waals surface area contributed by atoms with Gasteiger partial charge >= 0.3 is 5.97 Å². The minimum atomic E-state index is -0.430. The van der Waals surface area contributed by atoms with Crippen molar-refractivity contribution in [3.05, 3.63) is 61.3 Å². The zero-order valence-corrected chi connectivity index (χ0v) is 13.0. The molecule has 5 heteroatoms. The van der Waals surface area contributed by atoms with Crippen molar-refractivity contribution < 1.29 is 14.3 Å². The largest absolute Gasteiger partial charge is 0.455 e. The minimum Gasteiger partial charge on any atom is -0.455 e. The van der Waals surface area contributed by atoms with Gasteiger partial charge in [-0.2, -0.15) is 0 Å². The summed E-state index contributed by atoms with van der Waals surface area (Å²) in [4.78, 5) is 28.6. The number of hydrogen-bond acceptors (Lipinski definition) is 3. The monoisotopic (exact) mass is 312 g/mol. The van der Waals surface area contributed by atoms with Crippen molar-refractivity contribution in [2.75, 3.05) is 19.7 Å². The van der Waals surface area contributed by atoms with E-state index < -0.39 is 5.97 Å². The molecule has 0 saturated carbocycles. The van der Waals surface area contributed by atoms with E-state index in [1.54, 1.807) is 18.3 Å². The second-order valence-electron chi connectivity index (χ2n) is 5.07. The van der Waals surface area contributed by atoms with E-state index in [0.29, 0.717) is 13.1 Å². The maximum atomic E-state index is 12.0. The molecule has 0 radical (unpaired) electrons. The highest BCUT2D eigenvalue weighted by Gasteiger charge is 2.15. The molecule has 5 nitrogen and oxygen atoms in total. The van der Waals surface area contributed by atoms with Crippen LogP contribution in [0.4, 0.5) is 0 Å². The molecule has 0 aliphatic rings. The van der Waals surface area contributed by atoms with Crippen LogP contribution in [0.1, 0.15) is 5.56 Å². The molecule has 1 heterocycles. The standard InChI is InChI=1S/C18H20N2O3/c1-3-9-20(10-4-2)17(21)13-23-18(22)11-14-12-19-16-8-6-5-7-15(14)16/h3-8,12,19H,1-2,9-11,13H2. The lowest BCUT2D eigenvalue weighted by molar-refractivity contribution is -0.151. The van der Waals surface area contributed by atoms with E-state index in [2.05, 4.69) is 18.1 Å². The molecular formula is C18H20N2O3. The summed E-state index contributed by atoms with van der Waals surface area (Å²) in [6.45, 7) is 7.71. The smallest absolute Gasteiger partial charge is 0.310 e. The van der Waals surface area contributed by atoms with Crippen LogP contribution in [0.25, 0.3) is 10.9 Å². The second kappa shape index (κ2) is 7.98. The van der Waals surface area contributed by atoms with E-state index in [0.717, 1.165) is 16.5 Å². The van der Waals surface area contributed by atoms with Crippen LogP contribution < -0.4 is 0 Å². The Labute approximate surface area is 135 Å². The van der Waals surface area contributed by atoms with Crippen molar-refractivity contribution >= 4 is 22.8 Å². The Morgan fingerprint density at radius 1 is 1.17 bits per heavy atom. The lowest BCUT2D eigenvalue weighted by Gasteiger charge is -2.18. The third-order valence-electron chi connectivity index (χ3n) is 3.42. The van der Waals surface area contributed by atoms with Gasteiger partial charge in [-0.05, 0) is 11.6 Å². The second-order valence-corrected chi connectivity index (χ2v) is 5.07. The van der Waals surface area contributed by atoms with Crippen LogP contribution in [0.2, 0.25) is 0 Å². The highest BCUT2D eigenvalue weighted by Crippen LogP contribution is 2.18. The summed E-state index contributed by atoms with van der Waals surface area (Å²) in [5, 5.41) is 0.982. The maximum absolute atomic E-state index is 12.0. The van der Waals surface area contributed by atoms with Crippen molar-refractivity contribution in [1.29, 1.82) is 0 Å². The van der Waals surface area contributed by atoms with Gasteiger partial charge in [-0.15, -0.1) is 13.2 Å². The zero-order valence-electron chi connectivity index (χ0n) is 13.0. The first-order chi connectivity index (χ1) is 11.2. The molecular weight excluding hydrogens is 292 g/mol. The number of aromatic amines is 1. The van der Waals surface area contributed by atoms with Gasteiger partial charge in [0.2, 0.25) is 0 Å². The summed E-state index contributed by atoms with van der Waals surface area (Å²) in [7, 11) is 0. The van der Waals surface area contributed by atoms with Crippen LogP contribution in [0, 0.1) is 0 Å². The van der Waals surface area contributed by atoms with E-state index in [1.807, 2.05) is 24.3 Å². The first-order valence-electron chi connectivity index (χ1n) is 7.36. The number of H-pyrrole nitrogens is 1. The number of benzene rings is 1. The van der Waals surface area contributed by atoms with Gasteiger partial charge in [0.05, 0.1) is 6.42 Å². The summed E-state index contributed by atoms with van der Waals surface area (Å²) in [6.07, 6.45) is 5.15. The fraction of sp³-hybridized carbons (Fsp3) is 0.222.